The lowest BCUT2D eigenvalue weighted by atomic mass is 9.89. The number of β-lactam (4-membered cyclic amide) rings is 1. The lowest BCUT2D eigenvalue weighted by molar-refractivity contribution is -0.173. The highest BCUT2D eigenvalue weighted by Gasteiger charge is 2.49. The summed E-state index contributed by atoms with van der Waals surface area (Å²) < 4.78 is 10.0. The monoisotopic (exact) mass is 461 g/mol. The molecule has 1 amide bonds. The van der Waals surface area contributed by atoms with Crippen LogP contribution >= 0.6 is 12.6 Å². The van der Waals surface area contributed by atoms with Gasteiger partial charge in [0.1, 0.15) is 11.5 Å². The van der Waals surface area contributed by atoms with E-state index in [-0.39, 0.29) is 23.8 Å². The lowest BCUT2D eigenvalue weighted by Gasteiger charge is -2.45. The maximum Gasteiger partial charge on any atom is 0.357 e. The molecule has 174 valence electrons. The van der Waals surface area contributed by atoms with Crippen molar-refractivity contribution in [1.29, 1.82) is 0 Å². The Morgan fingerprint density at radius 2 is 1.69 bits per heavy atom. The molecule has 7 nitrogen and oxygen atoms in total. The Balaban J connectivity index is 1.92. The van der Waals surface area contributed by atoms with Gasteiger partial charge < -0.3 is 9.47 Å². The SMILES string of the molecule is CC(C)=C(C(=O)OCOC(=O)C(C)(C)C)N1C(=O)[C@@H](CC(=O)CCc2ccccc2)[C@H]1S. The van der Waals surface area contributed by atoms with Gasteiger partial charge in [-0.25, -0.2) is 4.79 Å². The van der Waals surface area contributed by atoms with Crippen LogP contribution in [0.15, 0.2) is 41.6 Å². The third kappa shape index (κ3) is 6.45. The third-order valence-electron chi connectivity index (χ3n) is 5.06. The van der Waals surface area contributed by atoms with Crippen molar-refractivity contribution < 1.29 is 28.7 Å². The van der Waals surface area contributed by atoms with Crippen molar-refractivity contribution in [3.63, 3.8) is 0 Å². The first-order valence-corrected chi connectivity index (χ1v) is 11.0. The van der Waals surface area contributed by atoms with E-state index in [2.05, 4.69) is 12.6 Å². The van der Waals surface area contributed by atoms with E-state index in [4.69, 9.17) is 9.47 Å². The van der Waals surface area contributed by atoms with Gasteiger partial charge in [0, 0.05) is 12.8 Å². The second kappa shape index (κ2) is 10.8. The number of likely N-dealkylation sites (tertiary alicyclic amines) is 1. The van der Waals surface area contributed by atoms with E-state index in [1.807, 2.05) is 30.3 Å². The van der Waals surface area contributed by atoms with Crippen LogP contribution in [0.1, 0.15) is 53.0 Å². The number of rotatable bonds is 9. The summed E-state index contributed by atoms with van der Waals surface area (Å²) in [5, 5.41) is -0.613. The molecule has 1 aliphatic heterocycles. The first-order valence-electron chi connectivity index (χ1n) is 10.5. The van der Waals surface area contributed by atoms with Gasteiger partial charge in [0.2, 0.25) is 12.7 Å². The Morgan fingerprint density at radius 1 is 1.06 bits per heavy atom. The number of hydrogen-bond donors (Lipinski definition) is 1. The fourth-order valence-corrected chi connectivity index (χ4v) is 3.67. The highest BCUT2D eigenvalue weighted by molar-refractivity contribution is 7.81. The minimum atomic E-state index is -0.784. The van der Waals surface area contributed by atoms with Gasteiger partial charge in [-0.2, -0.15) is 12.6 Å². The van der Waals surface area contributed by atoms with Crippen molar-refractivity contribution >= 4 is 36.3 Å². The van der Waals surface area contributed by atoms with Gasteiger partial charge in [-0.3, -0.25) is 19.3 Å². The highest BCUT2D eigenvalue weighted by Crippen LogP contribution is 2.37. The summed E-state index contributed by atoms with van der Waals surface area (Å²) in [4.78, 5) is 50.7. The fourth-order valence-electron chi connectivity index (χ4n) is 3.21. The molecule has 2 rings (SSSR count). The van der Waals surface area contributed by atoms with Gasteiger partial charge >= 0.3 is 11.9 Å². The van der Waals surface area contributed by atoms with E-state index >= 15 is 0 Å². The molecule has 0 bridgehead atoms. The standard InChI is InChI=1S/C24H31NO6S/c1-15(2)19(22(28)30-14-31-23(29)24(3,4)5)25-20(27)18(21(25)32)13-17(26)12-11-16-9-7-6-8-10-16/h6-10,18,21,32H,11-14H2,1-5H3/t18-,21-/m1/s1. The molecule has 0 spiro atoms. The summed E-state index contributed by atoms with van der Waals surface area (Å²) in [5.74, 6) is -2.26. The molecule has 2 atom stereocenters. The second-order valence-corrected chi connectivity index (χ2v) is 9.57. The van der Waals surface area contributed by atoms with Crippen LogP contribution < -0.4 is 0 Å². The quantitative estimate of drug-likeness (QED) is 0.198. The zero-order valence-corrected chi connectivity index (χ0v) is 20.1. The van der Waals surface area contributed by atoms with Crippen molar-refractivity contribution in [3.05, 3.63) is 47.2 Å². The summed E-state index contributed by atoms with van der Waals surface area (Å²) in [6.45, 7) is 7.85. The van der Waals surface area contributed by atoms with Crippen molar-refractivity contribution in [2.24, 2.45) is 11.3 Å². The number of aryl methyl sites for hydroxylation is 1. The van der Waals surface area contributed by atoms with Crippen LogP contribution in [0.25, 0.3) is 0 Å². The topological polar surface area (TPSA) is 90.0 Å². The molecule has 1 aliphatic rings. The Labute approximate surface area is 194 Å². The molecule has 0 unspecified atom stereocenters. The number of amides is 1. The summed E-state index contributed by atoms with van der Waals surface area (Å²) in [6, 6.07) is 9.66. The van der Waals surface area contributed by atoms with Gasteiger partial charge in [0.15, 0.2) is 0 Å². The maximum atomic E-state index is 12.7. The van der Waals surface area contributed by atoms with E-state index in [0.29, 0.717) is 18.4 Å². The molecule has 1 heterocycles. The maximum absolute atomic E-state index is 12.7. The van der Waals surface area contributed by atoms with Gasteiger partial charge in [0.05, 0.1) is 16.7 Å². The van der Waals surface area contributed by atoms with Crippen LogP contribution in [0, 0.1) is 11.3 Å². The Morgan fingerprint density at radius 3 is 2.22 bits per heavy atom. The predicted octanol–water partition coefficient (Wildman–Crippen LogP) is 3.68. The molecule has 1 aromatic carbocycles. The number of hydrogen-bond acceptors (Lipinski definition) is 7. The van der Waals surface area contributed by atoms with E-state index in [0.717, 1.165) is 5.56 Å². The van der Waals surface area contributed by atoms with Crippen LogP contribution in [-0.2, 0) is 35.1 Å². The fraction of sp³-hybridized carbons (Fsp3) is 0.500. The molecule has 1 aromatic rings. The van der Waals surface area contributed by atoms with E-state index in [1.165, 1.54) is 4.90 Å². The van der Waals surface area contributed by atoms with Gasteiger partial charge in [-0.15, -0.1) is 0 Å². The normalized spacial score (nSPS) is 17.9. The van der Waals surface area contributed by atoms with Gasteiger partial charge in [0.25, 0.3) is 0 Å². The first kappa shape index (κ1) is 25.6. The van der Waals surface area contributed by atoms with Crippen LogP contribution in [0.4, 0.5) is 0 Å². The molecule has 0 aliphatic carbocycles. The van der Waals surface area contributed by atoms with Gasteiger partial charge in [-0.1, -0.05) is 30.3 Å². The molecule has 32 heavy (non-hydrogen) atoms. The Kier molecular flexibility index (Phi) is 8.66. The molecule has 1 fully saturated rings. The minimum Gasteiger partial charge on any atom is -0.427 e. The Hall–Kier alpha value is -2.61. The number of nitrogens with zero attached hydrogens (tertiary/aromatic N) is 1. The molecule has 8 heteroatoms. The average Bonchev–Trinajstić information content (AvgIpc) is 2.73. The summed E-state index contributed by atoms with van der Waals surface area (Å²) in [7, 11) is 0. The van der Waals surface area contributed by atoms with E-state index in [1.54, 1.807) is 34.6 Å². The average molecular weight is 462 g/mol. The van der Waals surface area contributed by atoms with E-state index in [9.17, 15) is 19.2 Å². The van der Waals surface area contributed by atoms with Crippen LogP contribution in [0.2, 0.25) is 0 Å². The van der Waals surface area contributed by atoms with Gasteiger partial charge in [-0.05, 0) is 52.2 Å². The number of ether oxygens (including phenoxy) is 2. The molecule has 0 aromatic heterocycles. The number of Topliss-reactive ketones (excluding diaryl/α,β-unsaturated/α-hetero) is 1. The lowest BCUT2D eigenvalue weighted by Crippen LogP contribution is -2.59. The number of ketones is 1. The van der Waals surface area contributed by atoms with Crippen molar-refractivity contribution in [1.82, 2.24) is 4.90 Å². The third-order valence-corrected chi connectivity index (χ3v) is 5.65. The van der Waals surface area contributed by atoms with Crippen LogP contribution in [0.5, 0.6) is 0 Å². The van der Waals surface area contributed by atoms with Crippen molar-refractivity contribution in [3.8, 4) is 0 Å². The molecular weight excluding hydrogens is 430 g/mol. The molecule has 0 N–H and O–H groups in total. The zero-order valence-electron chi connectivity index (χ0n) is 19.2. The number of carbonyl (C=O) groups is 4. The molecule has 0 saturated carbocycles. The number of carbonyl (C=O) groups excluding carboxylic acids is 4. The second-order valence-electron chi connectivity index (χ2n) is 9.04. The summed E-state index contributed by atoms with van der Waals surface area (Å²) in [6.07, 6.45) is 1.02. The van der Waals surface area contributed by atoms with Crippen molar-refractivity contribution in [2.45, 2.75) is 59.3 Å². The van der Waals surface area contributed by atoms with Crippen LogP contribution in [0.3, 0.4) is 0 Å². The number of esters is 2. The summed E-state index contributed by atoms with van der Waals surface area (Å²) >= 11 is 4.46. The first-order chi connectivity index (χ1) is 14.9. The predicted molar refractivity (Wildman–Crippen MR) is 122 cm³/mol. The smallest absolute Gasteiger partial charge is 0.357 e. The molecule has 0 radical (unpaired) electrons. The van der Waals surface area contributed by atoms with Crippen LogP contribution in [-0.4, -0.2) is 40.7 Å². The summed E-state index contributed by atoms with van der Waals surface area (Å²) in [5.41, 5.74) is 0.940. The molecule has 1 saturated heterocycles. The van der Waals surface area contributed by atoms with Crippen molar-refractivity contribution in [2.75, 3.05) is 6.79 Å². The molecular formula is C24H31NO6S. The van der Waals surface area contributed by atoms with E-state index < -0.39 is 35.4 Å². The number of benzene rings is 1. The zero-order chi connectivity index (χ0) is 24.1. The highest BCUT2D eigenvalue weighted by atomic mass is 32.1. The Bertz CT molecular complexity index is 899. The number of thiol groups is 1. The largest absolute Gasteiger partial charge is 0.427 e. The number of allylic oxidation sites excluding steroid dienone is 1. The minimum absolute atomic E-state index is 0.0266.